The second kappa shape index (κ2) is 8.72. The largest absolute Gasteiger partial charge is 0.493 e. The van der Waals surface area contributed by atoms with Crippen molar-refractivity contribution in [3.8, 4) is 17.2 Å². The van der Waals surface area contributed by atoms with Crippen LogP contribution in [-0.2, 0) is 26.2 Å². The molecule has 10 heteroatoms. The summed E-state index contributed by atoms with van der Waals surface area (Å²) in [5.74, 6) is 0.645. The number of nitrogens with zero attached hydrogens (tertiary/aromatic N) is 1. The molecule has 0 saturated carbocycles. The third-order valence-electron chi connectivity index (χ3n) is 4.65. The Morgan fingerprint density at radius 2 is 1.43 bits per heavy atom. The van der Waals surface area contributed by atoms with Gasteiger partial charge in [0, 0.05) is 19.4 Å². The first-order valence-corrected chi connectivity index (χ1v) is 10.5. The maximum absolute atomic E-state index is 12.7. The van der Waals surface area contributed by atoms with E-state index in [0.29, 0.717) is 28.5 Å². The van der Waals surface area contributed by atoms with E-state index < -0.39 is 10.0 Å². The van der Waals surface area contributed by atoms with Crippen molar-refractivity contribution in [1.82, 2.24) is 4.72 Å². The van der Waals surface area contributed by atoms with Crippen LogP contribution in [0, 0.1) is 0 Å². The number of methoxy groups -OCH3 is 3. The van der Waals surface area contributed by atoms with E-state index in [0.717, 1.165) is 4.90 Å². The lowest BCUT2D eigenvalue weighted by molar-refractivity contribution is -0.121. The fraction of sp³-hybridized carbons (Fsp3) is 0.300. The van der Waals surface area contributed by atoms with Gasteiger partial charge >= 0.3 is 0 Å². The fourth-order valence-electron chi connectivity index (χ4n) is 3.14. The smallest absolute Gasteiger partial charge is 0.240 e. The van der Waals surface area contributed by atoms with E-state index in [1.807, 2.05) is 0 Å². The molecule has 0 unspecified atom stereocenters. The molecule has 2 aromatic carbocycles. The number of nitrogens with one attached hydrogen (secondary N) is 1. The zero-order valence-electron chi connectivity index (χ0n) is 16.8. The Balaban J connectivity index is 1.77. The van der Waals surface area contributed by atoms with Crippen LogP contribution in [0.25, 0.3) is 0 Å². The summed E-state index contributed by atoms with van der Waals surface area (Å²) in [5.41, 5.74) is 0.962. The van der Waals surface area contributed by atoms with E-state index in [9.17, 15) is 18.0 Å². The van der Waals surface area contributed by atoms with Gasteiger partial charge in [-0.1, -0.05) is 0 Å². The Labute approximate surface area is 174 Å². The second-order valence-electron chi connectivity index (χ2n) is 6.47. The van der Waals surface area contributed by atoms with Crippen molar-refractivity contribution < 1.29 is 32.2 Å². The number of anilines is 1. The van der Waals surface area contributed by atoms with E-state index in [1.54, 1.807) is 12.1 Å². The van der Waals surface area contributed by atoms with E-state index in [-0.39, 0.29) is 36.1 Å². The van der Waals surface area contributed by atoms with Gasteiger partial charge in [0.1, 0.15) is 0 Å². The molecule has 2 aromatic rings. The van der Waals surface area contributed by atoms with Crippen LogP contribution in [0.15, 0.2) is 41.3 Å². The zero-order valence-corrected chi connectivity index (χ0v) is 17.6. The minimum atomic E-state index is -3.83. The van der Waals surface area contributed by atoms with Gasteiger partial charge < -0.3 is 14.2 Å². The summed E-state index contributed by atoms with van der Waals surface area (Å²) >= 11 is 0. The molecule has 0 radical (unpaired) electrons. The van der Waals surface area contributed by atoms with Crippen molar-refractivity contribution in [3.63, 3.8) is 0 Å². The topological polar surface area (TPSA) is 111 Å². The predicted molar refractivity (Wildman–Crippen MR) is 108 cm³/mol. The number of ether oxygens (including phenoxy) is 3. The van der Waals surface area contributed by atoms with Gasteiger partial charge in [0.15, 0.2) is 11.5 Å². The van der Waals surface area contributed by atoms with Crippen LogP contribution in [0.3, 0.4) is 0 Å². The third kappa shape index (κ3) is 4.24. The quantitative estimate of drug-likeness (QED) is 0.631. The van der Waals surface area contributed by atoms with Gasteiger partial charge in [-0.05, 0) is 42.0 Å². The third-order valence-corrected chi connectivity index (χ3v) is 6.06. The number of carbonyl (C=O) groups is 2. The van der Waals surface area contributed by atoms with Crippen molar-refractivity contribution in [2.45, 2.75) is 24.3 Å². The molecule has 0 bridgehead atoms. The summed E-state index contributed by atoms with van der Waals surface area (Å²) in [6.07, 6.45) is 0.324. The number of amides is 2. The molecule has 0 aromatic heterocycles. The summed E-state index contributed by atoms with van der Waals surface area (Å²) in [6, 6.07) is 8.89. The number of rotatable bonds is 8. The number of hydrogen-bond acceptors (Lipinski definition) is 7. The summed E-state index contributed by atoms with van der Waals surface area (Å²) in [5, 5.41) is 0. The van der Waals surface area contributed by atoms with Gasteiger partial charge in [0.2, 0.25) is 27.6 Å². The Morgan fingerprint density at radius 3 is 1.90 bits per heavy atom. The Kier molecular flexibility index (Phi) is 6.28. The molecule has 0 spiro atoms. The molecule has 1 saturated heterocycles. The average molecular weight is 434 g/mol. The number of sulfonamides is 1. The van der Waals surface area contributed by atoms with Crippen molar-refractivity contribution in [1.29, 1.82) is 0 Å². The molecule has 160 valence electrons. The molecule has 3 rings (SSSR count). The first-order chi connectivity index (χ1) is 14.3. The van der Waals surface area contributed by atoms with Gasteiger partial charge in [-0.25, -0.2) is 13.1 Å². The molecule has 30 heavy (non-hydrogen) atoms. The minimum absolute atomic E-state index is 0.0100. The van der Waals surface area contributed by atoms with Crippen molar-refractivity contribution in [3.05, 3.63) is 42.0 Å². The average Bonchev–Trinajstić information content (AvgIpc) is 3.09. The SMILES string of the molecule is COc1cc(CNS(=O)(=O)c2ccc(N3C(=O)CCC3=O)cc2)cc(OC)c1OC. The Morgan fingerprint density at radius 1 is 0.900 bits per heavy atom. The molecule has 2 amide bonds. The summed E-state index contributed by atoms with van der Waals surface area (Å²) in [7, 11) is 0.600. The van der Waals surface area contributed by atoms with Crippen LogP contribution in [0.1, 0.15) is 18.4 Å². The number of hydrogen-bond donors (Lipinski definition) is 1. The predicted octanol–water partition coefficient (Wildman–Crippen LogP) is 1.84. The lowest BCUT2D eigenvalue weighted by Crippen LogP contribution is -2.28. The van der Waals surface area contributed by atoms with E-state index in [2.05, 4.69) is 4.72 Å². The number of benzene rings is 2. The number of imide groups is 1. The maximum atomic E-state index is 12.7. The molecular weight excluding hydrogens is 412 g/mol. The molecule has 0 atom stereocenters. The minimum Gasteiger partial charge on any atom is -0.493 e. The number of carbonyl (C=O) groups excluding carboxylic acids is 2. The highest BCUT2D eigenvalue weighted by atomic mass is 32.2. The monoisotopic (exact) mass is 434 g/mol. The standard InChI is InChI=1S/C20H22N2O7S/c1-27-16-10-13(11-17(28-2)20(16)29-3)12-21-30(25,26)15-6-4-14(5-7-15)22-18(23)8-9-19(22)24/h4-7,10-11,21H,8-9,12H2,1-3H3. The maximum Gasteiger partial charge on any atom is 0.240 e. The van der Waals surface area contributed by atoms with Crippen LogP contribution in [0.4, 0.5) is 5.69 Å². The molecule has 1 aliphatic rings. The second-order valence-corrected chi connectivity index (χ2v) is 8.24. The van der Waals surface area contributed by atoms with Gasteiger partial charge in [0.05, 0.1) is 31.9 Å². The lowest BCUT2D eigenvalue weighted by atomic mass is 10.2. The van der Waals surface area contributed by atoms with Crippen molar-refractivity contribution >= 4 is 27.5 Å². The van der Waals surface area contributed by atoms with Crippen LogP contribution in [-0.4, -0.2) is 41.6 Å². The van der Waals surface area contributed by atoms with E-state index >= 15 is 0 Å². The van der Waals surface area contributed by atoms with Gasteiger partial charge in [0.25, 0.3) is 0 Å². The van der Waals surface area contributed by atoms with Crippen molar-refractivity contribution in [2.75, 3.05) is 26.2 Å². The van der Waals surface area contributed by atoms with Crippen LogP contribution >= 0.6 is 0 Å². The molecular formula is C20H22N2O7S. The van der Waals surface area contributed by atoms with Gasteiger partial charge in [-0.15, -0.1) is 0 Å². The van der Waals surface area contributed by atoms with Gasteiger partial charge in [-0.3, -0.25) is 14.5 Å². The van der Waals surface area contributed by atoms with Crippen LogP contribution < -0.4 is 23.8 Å². The molecule has 0 aliphatic carbocycles. The van der Waals surface area contributed by atoms with Crippen LogP contribution in [0.5, 0.6) is 17.2 Å². The zero-order chi connectivity index (χ0) is 21.9. The van der Waals surface area contributed by atoms with Crippen molar-refractivity contribution in [2.24, 2.45) is 0 Å². The molecule has 1 heterocycles. The normalized spacial score (nSPS) is 14.2. The Bertz CT molecular complexity index is 1020. The highest BCUT2D eigenvalue weighted by Gasteiger charge is 2.30. The molecule has 1 aliphatic heterocycles. The van der Waals surface area contributed by atoms with Gasteiger partial charge in [-0.2, -0.15) is 0 Å². The van der Waals surface area contributed by atoms with E-state index in [4.69, 9.17) is 14.2 Å². The highest BCUT2D eigenvalue weighted by molar-refractivity contribution is 7.89. The van der Waals surface area contributed by atoms with Crippen LogP contribution in [0.2, 0.25) is 0 Å². The first kappa shape index (κ1) is 21.6. The molecule has 9 nitrogen and oxygen atoms in total. The summed E-state index contributed by atoms with van der Waals surface area (Å²) < 4.78 is 43.6. The summed E-state index contributed by atoms with van der Waals surface area (Å²) in [4.78, 5) is 24.7. The molecule has 1 N–H and O–H groups in total. The van der Waals surface area contributed by atoms with E-state index in [1.165, 1.54) is 45.6 Å². The summed E-state index contributed by atoms with van der Waals surface area (Å²) in [6.45, 7) is -0.0100. The molecule has 1 fully saturated rings. The highest BCUT2D eigenvalue weighted by Crippen LogP contribution is 2.38. The fourth-order valence-corrected chi connectivity index (χ4v) is 4.16. The lowest BCUT2D eigenvalue weighted by Gasteiger charge is -2.15. The Hall–Kier alpha value is -3.11. The first-order valence-electron chi connectivity index (χ1n) is 9.05.